The summed E-state index contributed by atoms with van der Waals surface area (Å²) in [5, 5.41) is 6.74. The Morgan fingerprint density at radius 3 is 2.70 bits per heavy atom. The van der Waals surface area contributed by atoms with E-state index >= 15 is 0 Å². The largest absolute Gasteiger partial charge is 0.490 e. The predicted octanol–water partition coefficient (Wildman–Crippen LogP) is 4.35. The molecule has 2 aromatic carbocycles. The van der Waals surface area contributed by atoms with Crippen molar-refractivity contribution in [3.63, 3.8) is 0 Å². The molecular formula is C26H30ClN3O3. The molecule has 2 N–H and O–H groups in total. The number of ether oxygens (including phenoxy) is 1. The van der Waals surface area contributed by atoms with Gasteiger partial charge in [-0.15, -0.1) is 0 Å². The van der Waals surface area contributed by atoms with E-state index in [1.807, 2.05) is 31.2 Å². The lowest BCUT2D eigenvalue weighted by molar-refractivity contribution is -0.130. The fraction of sp³-hybridized carbons (Fsp3) is 0.462. The summed E-state index contributed by atoms with van der Waals surface area (Å²) in [6.45, 7) is 7.29. The Bertz CT molecular complexity index is 1100. The molecule has 2 atom stereocenters. The van der Waals surface area contributed by atoms with E-state index in [4.69, 9.17) is 16.3 Å². The summed E-state index contributed by atoms with van der Waals surface area (Å²) in [5.41, 5.74) is 2.62. The Morgan fingerprint density at radius 1 is 1.15 bits per heavy atom. The topological polar surface area (TPSA) is 70.7 Å². The molecule has 0 unspecified atom stereocenters. The molecule has 0 radical (unpaired) electrons. The summed E-state index contributed by atoms with van der Waals surface area (Å²) < 4.78 is 6.54. The first-order valence-corrected chi connectivity index (χ1v) is 12.2. The van der Waals surface area contributed by atoms with E-state index in [0.29, 0.717) is 17.9 Å². The first-order chi connectivity index (χ1) is 15.9. The van der Waals surface area contributed by atoms with Crippen molar-refractivity contribution in [2.45, 2.75) is 57.1 Å². The third-order valence-corrected chi connectivity index (χ3v) is 7.65. The van der Waals surface area contributed by atoms with Crippen LogP contribution in [-0.4, -0.2) is 42.5 Å². The van der Waals surface area contributed by atoms with Crippen LogP contribution in [0.2, 0.25) is 5.02 Å². The zero-order chi connectivity index (χ0) is 23.2. The second-order valence-corrected chi connectivity index (χ2v) is 9.85. The van der Waals surface area contributed by atoms with Gasteiger partial charge in [0, 0.05) is 35.8 Å². The highest BCUT2D eigenvalue weighted by Crippen LogP contribution is 2.52. The highest BCUT2D eigenvalue weighted by molar-refractivity contribution is 6.31. The van der Waals surface area contributed by atoms with Crippen LogP contribution in [0, 0.1) is 6.92 Å². The molecule has 0 aliphatic carbocycles. The quantitative estimate of drug-likeness (QED) is 0.701. The number of hydrogen-bond acceptors (Lipinski definition) is 4. The zero-order valence-electron chi connectivity index (χ0n) is 19.1. The highest BCUT2D eigenvalue weighted by Gasteiger charge is 2.56. The lowest BCUT2D eigenvalue weighted by atomic mass is 9.67. The van der Waals surface area contributed by atoms with Crippen LogP contribution in [0.15, 0.2) is 36.4 Å². The van der Waals surface area contributed by atoms with E-state index in [1.54, 1.807) is 6.07 Å². The molecule has 0 saturated carbocycles. The van der Waals surface area contributed by atoms with Crippen LogP contribution in [-0.2, 0) is 15.0 Å². The number of carbonyl (C=O) groups is 2. The smallest absolute Gasteiger partial charge is 0.237 e. The van der Waals surface area contributed by atoms with Gasteiger partial charge in [-0.3, -0.25) is 9.59 Å². The van der Waals surface area contributed by atoms with Crippen LogP contribution in [0.3, 0.4) is 0 Å². The number of anilines is 1. The van der Waals surface area contributed by atoms with Gasteiger partial charge < -0.3 is 20.3 Å². The SMILES string of the molecule is CCN1CCC(Oc2ccc(C)cc2[C@H]2NC(=O)CC[C@]23C(=O)Nc2cc(Cl)ccc23)CC1. The molecule has 3 aliphatic rings. The van der Waals surface area contributed by atoms with E-state index in [1.165, 1.54) is 0 Å². The summed E-state index contributed by atoms with van der Waals surface area (Å²) >= 11 is 6.21. The number of aryl methyl sites for hydroxylation is 1. The second kappa shape index (κ2) is 8.65. The number of nitrogens with one attached hydrogen (secondary N) is 2. The molecule has 5 rings (SSSR count). The first kappa shape index (κ1) is 22.2. The third kappa shape index (κ3) is 3.89. The van der Waals surface area contributed by atoms with Crippen molar-refractivity contribution in [3.8, 4) is 5.75 Å². The molecule has 3 heterocycles. The second-order valence-electron chi connectivity index (χ2n) is 9.41. The van der Waals surface area contributed by atoms with Crippen molar-refractivity contribution < 1.29 is 14.3 Å². The average Bonchev–Trinajstić information content (AvgIpc) is 3.08. The van der Waals surface area contributed by atoms with Crippen LogP contribution >= 0.6 is 11.6 Å². The van der Waals surface area contributed by atoms with Crippen molar-refractivity contribution in [3.05, 3.63) is 58.1 Å². The highest BCUT2D eigenvalue weighted by atomic mass is 35.5. The maximum Gasteiger partial charge on any atom is 0.237 e. The number of benzene rings is 2. The summed E-state index contributed by atoms with van der Waals surface area (Å²) in [6.07, 6.45) is 2.78. The maximum absolute atomic E-state index is 13.5. The number of hydrogen-bond donors (Lipinski definition) is 2. The van der Waals surface area contributed by atoms with Crippen LogP contribution in [0.25, 0.3) is 0 Å². The van der Waals surface area contributed by atoms with E-state index in [9.17, 15) is 9.59 Å². The monoisotopic (exact) mass is 467 g/mol. The number of halogens is 1. The van der Waals surface area contributed by atoms with Crippen molar-refractivity contribution in [2.24, 2.45) is 0 Å². The first-order valence-electron chi connectivity index (χ1n) is 11.8. The van der Waals surface area contributed by atoms with Gasteiger partial charge in [0.15, 0.2) is 0 Å². The molecule has 174 valence electrons. The lowest BCUT2D eigenvalue weighted by Crippen LogP contribution is -2.52. The molecule has 3 aliphatic heterocycles. The van der Waals surface area contributed by atoms with Gasteiger partial charge in [-0.2, -0.15) is 0 Å². The number of rotatable bonds is 4. The number of nitrogens with zero attached hydrogens (tertiary/aromatic N) is 1. The fourth-order valence-corrected chi connectivity index (χ4v) is 5.75. The Kier molecular flexibility index (Phi) is 5.83. The molecule has 7 heteroatoms. The van der Waals surface area contributed by atoms with Crippen molar-refractivity contribution >= 4 is 29.1 Å². The molecule has 0 aromatic heterocycles. The standard InChI is InChI=1S/C26H30ClN3O3/c1-3-30-12-9-18(10-13-30)33-22-7-4-16(2)14-19(22)24-26(11-8-23(31)29-24)20-6-5-17(27)15-21(20)28-25(26)32/h4-7,14-15,18,24H,3,8-13H2,1-2H3,(H,28,32)(H,29,31)/t24-,26-/m1/s1. The minimum Gasteiger partial charge on any atom is -0.490 e. The van der Waals surface area contributed by atoms with E-state index in [2.05, 4.69) is 28.5 Å². The lowest BCUT2D eigenvalue weighted by Gasteiger charge is -2.41. The molecule has 6 nitrogen and oxygen atoms in total. The Morgan fingerprint density at radius 2 is 1.94 bits per heavy atom. The minimum atomic E-state index is -0.898. The Balaban J connectivity index is 1.55. The van der Waals surface area contributed by atoms with Gasteiger partial charge in [0.25, 0.3) is 0 Å². The van der Waals surface area contributed by atoms with Gasteiger partial charge in [-0.05, 0) is 56.5 Å². The van der Waals surface area contributed by atoms with Gasteiger partial charge in [0.1, 0.15) is 17.3 Å². The van der Waals surface area contributed by atoms with E-state index < -0.39 is 11.5 Å². The minimum absolute atomic E-state index is 0.0513. The molecule has 2 saturated heterocycles. The molecule has 0 bridgehead atoms. The molecular weight excluding hydrogens is 438 g/mol. The fourth-order valence-electron chi connectivity index (χ4n) is 5.58. The maximum atomic E-state index is 13.5. The molecule has 1 spiro atoms. The van der Waals surface area contributed by atoms with Gasteiger partial charge in [0.05, 0.1) is 6.04 Å². The number of fused-ring (bicyclic) bond motifs is 2. The van der Waals surface area contributed by atoms with Gasteiger partial charge in [-0.25, -0.2) is 0 Å². The number of carbonyl (C=O) groups excluding carboxylic acids is 2. The summed E-state index contributed by atoms with van der Waals surface area (Å²) in [5.74, 6) is 0.593. The van der Waals surface area contributed by atoms with E-state index in [0.717, 1.165) is 60.6 Å². The number of amides is 2. The van der Waals surface area contributed by atoms with Crippen LogP contribution in [0.4, 0.5) is 5.69 Å². The summed E-state index contributed by atoms with van der Waals surface area (Å²) in [6, 6.07) is 11.1. The van der Waals surface area contributed by atoms with Crippen molar-refractivity contribution in [1.82, 2.24) is 10.2 Å². The molecule has 2 fully saturated rings. The van der Waals surface area contributed by atoms with E-state index in [-0.39, 0.29) is 17.9 Å². The van der Waals surface area contributed by atoms with Crippen LogP contribution in [0.5, 0.6) is 5.75 Å². The van der Waals surface area contributed by atoms with Gasteiger partial charge in [-0.1, -0.05) is 42.3 Å². The van der Waals surface area contributed by atoms with Crippen LogP contribution < -0.4 is 15.4 Å². The van der Waals surface area contributed by atoms with Crippen LogP contribution in [0.1, 0.15) is 55.3 Å². The molecule has 33 heavy (non-hydrogen) atoms. The average molecular weight is 468 g/mol. The Hall–Kier alpha value is -2.57. The molecule has 2 aromatic rings. The predicted molar refractivity (Wildman–Crippen MR) is 129 cm³/mol. The van der Waals surface area contributed by atoms with Gasteiger partial charge >= 0.3 is 0 Å². The van der Waals surface area contributed by atoms with Crippen molar-refractivity contribution in [1.29, 1.82) is 0 Å². The summed E-state index contributed by atoms with van der Waals surface area (Å²) in [7, 11) is 0. The zero-order valence-corrected chi connectivity index (χ0v) is 19.9. The third-order valence-electron chi connectivity index (χ3n) is 7.41. The van der Waals surface area contributed by atoms with Crippen molar-refractivity contribution in [2.75, 3.05) is 25.0 Å². The Labute approximate surface area is 199 Å². The van der Waals surface area contributed by atoms with Gasteiger partial charge in [0.2, 0.25) is 11.8 Å². The molecule has 2 amide bonds. The number of likely N-dealkylation sites (tertiary alicyclic amines) is 1. The summed E-state index contributed by atoms with van der Waals surface area (Å²) in [4.78, 5) is 28.5. The normalized spacial score (nSPS) is 25.6. The number of piperidine rings is 2.